The molecule has 0 aliphatic rings. The highest BCUT2D eigenvalue weighted by Crippen LogP contribution is 2.33. The molecule has 0 aromatic heterocycles. The van der Waals surface area contributed by atoms with Gasteiger partial charge in [-0.05, 0) is 48.9 Å². The zero-order chi connectivity index (χ0) is 15.6. The molecule has 0 bridgehead atoms. The third-order valence-corrected chi connectivity index (χ3v) is 3.44. The van der Waals surface area contributed by atoms with Crippen LogP contribution in [-0.4, -0.2) is 5.91 Å². The minimum atomic E-state index is -4.44. The molecule has 0 saturated heterocycles. The molecule has 0 unspecified atom stereocenters. The SMILES string of the molecule is Cc1ccc(NC(=O)c2ccc(Br)cc2)cc1C(F)(F)F. The fourth-order valence-corrected chi connectivity index (χ4v) is 2.07. The predicted molar refractivity (Wildman–Crippen MR) is 78.3 cm³/mol. The van der Waals surface area contributed by atoms with Crippen molar-refractivity contribution in [1.82, 2.24) is 0 Å². The summed E-state index contributed by atoms with van der Waals surface area (Å²) in [4.78, 5) is 12.0. The molecule has 2 rings (SSSR count). The van der Waals surface area contributed by atoms with Crippen molar-refractivity contribution in [2.75, 3.05) is 5.32 Å². The van der Waals surface area contributed by atoms with Gasteiger partial charge in [-0.3, -0.25) is 4.79 Å². The average molecular weight is 358 g/mol. The van der Waals surface area contributed by atoms with Gasteiger partial charge < -0.3 is 5.32 Å². The topological polar surface area (TPSA) is 29.1 Å². The lowest BCUT2D eigenvalue weighted by molar-refractivity contribution is -0.138. The van der Waals surface area contributed by atoms with Crippen LogP contribution >= 0.6 is 15.9 Å². The largest absolute Gasteiger partial charge is 0.416 e. The molecule has 21 heavy (non-hydrogen) atoms. The van der Waals surface area contributed by atoms with E-state index < -0.39 is 17.6 Å². The number of carbonyl (C=O) groups is 1. The van der Waals surface area contributed by atoms with Crippen molar-refractivity contribution in [1.29, 1.82) is 0 Å². The Labute approximate surface area is 128 Å². The van der Waals surface area contributed by atoms with Crippen LogP contribution in [0.1, 0.15) is 21.5 Å². The van der Waals surface area contributed by atoms with E-state index in [1.165, 1.54) is 19.1 Å². The van der Waals surface area contributed by atoms with Gasteiger partial charge in [-0.1, -0.05) is 22.0 Å². The van der Waals surface area contributed by atoms with Crippen molar-refractivity contribution < 1.29 is 18.0 Å². The Kier molecular flexibility index (Phi) is 4.37. The maximum atomic E-state index is 12.8. The number of carbonyl (C=O) groups excluding carboxylic acids is 1. The number of hydrogen-bond acceptors (Lipinski definition) is 1. The van der Waals surface area contributed by atoms with E-state index in [1.54, 1.807) is 24.3 Å². The smallest absolute Gasteiger partial charge is 0.322 e. The van der Waals surface area contributed by atoms with Gasteiger partial charge in [-0.15, -0.1) is 0 Å². The Hall–Kier alpha value is -1.82. The summed E-state index contributed by atoms with van der Waals surface area (Å²) in [5, 5.41) is 2.46. The summed E-state index contributed by atoms with van der Waals surface area (Å²) in [5.74, 6) is -0.459. The van der Waals surface area contributed by atoms with E-state index in [9.17, 15) is 18.0 Å². The summed E-state index contributed by atoms with van der Waals surface area (Å²) < 4.78 is 39.3. The molecular weight excluding hydrogens is 347 g/mol. The first-order valence-corrected chi connectivity index (χ1v) is 6.81. The standard InChI is InChI=1S/C15H11BrF3NO/c1-9-2-7-12(8-13(9)15(17,18)19)20-14(21)10-3-5-11(16)6-4-10/h2-8H,1H3,(H,20,21). The Bertz CT molecular complexity index is 666. The Balaban J connectivity index is 2.24. The number of halogens is 4. The van der Waals surface area contributed by atoms with Crippen LogP contribution in [0.5, 0.6) is 0 Å². The summed E-state index contributed by atoms with van der Waals surface area (Å²) in [6.45, 7) is 1.38. The highest BCUT2D eigenvalue weighted by molar-refractivity contribution is 9.10. The molecular formula is C15H11BrF3NO. The van der Waals surface area contributed by atoms with E-state index in [1.807, 2.05) is 0 Å². The first-order chi connectivity index (χ1) is 9.77. The second-order valence-electron chi connectivity index (χ2n) is 4.49. The highest BCUT2D eigenvalue weighted by Gasteiger charge is 2.32. The molecule has 0 radical (unpaired) electrons. The summed E-state index contributed by atoms with van der Waals surface area (Å²) >= 11 is 3.24. The molecule has 0 aliphatic heterocycles. The van der Waals surface area contributed by atoms with Gasteiger partial charge in [0.15, 0.2) is 0 Å². The number of nitrogens with one attached hydrogen (secondary N) is 1. The molecule has 1 amide bonds. The minimum Gasteiger partial charge on any atom is -0.322 e. The predicted octanol–water partition coefficient (Wildman–Crippen LogP) is 5.03. The van der Waals surface area contributed by atoms with Crippen LogP contribution in [0, 0.1) is 6.92 Å². The second kappa shape index (κ2) is 5.89. The number of hydrogen-bond donors (Lipinski definition) is 1. The molecule has 110 valence electrons. The van der Waals surface area contributed by atoms with Gasteiger partial charge >= 0.3 is 6.18 Å². The monoisotopic (exact) mass is 357 g/mol. The van der Waals surface area contributed by atoms with E-state index in [0.29, 0.717) is 5.56 Å². The number of alkyl halides is 3. The highest BCUT2D eigenvalue weighted by atomic mass is 79.9. The van der Waals surface area contributed by atoms with Gasteiger partial charge in [0.25, 0.3) is 5.91 Å². The van der Waals surface area contributed by atoms with Gasteiger partial charge in [-0.2, -0.15) is 13.2 Å². The zero-order valence-electron chi connectivity index (χ0n) is 11.0. The first-order valence-electron chi connectivity index (χ1n) is 6.02. The lowest BCUT2D eigenvalue weighted by Gasteiger charge is -2.12. The van der Waals surface area contributed by atoms with Crippen molar-refractivity contribution in [3.05, 3.63) is 63.6 Å². The molecule has 0 spiro atoms. The lowest BCUT2D eigenvalue weighted by atomic mass is 10.1. The summed E-state index contributed by atoms with van der Waals surface area (Å²) in [7, 11) is 0. The van der Waals surface area contributed by atoms with Gasteiger partial charge in [0.05, 0.1) is 5.56 Å². The molecule has 0 heterocycles. The van der Waals surface area contributed by atoms with Gasteiger partial charge in [0, 0.05) is 15.7 Å². The van der Waals surface area contributed by atoms with Crippen LogP contribution in [0.3, 0.4) is 0 Å². The first kappa shape index (κ1) is 15.6. The average Bonchev–Trinajstić information content (AvgIpc) is 2.40. The summed E-state index contributed by atoms with van der Waals surface area (Å²) in [6, 6.07) is 10.3. The molecule has 2 aromatic carbocycles. The fraction of sp³-hybridized carbons (Fsp3) is 0.133. The lowest BCUT2D eigenvalue weighted by Crippen LogP contribution is -2.13. The third-order valence-electron chi connectivity index (χ3n) is 2.91. The molecule has 6 heteroatoms. The molecule has 0 atom stereocenters. The Morgan fingerprint density at radius 2 is 1.71 bits per heavy atom. The maximum Gasteiger partial charge on any atom is 0.416 e. The maximum absolute atomic E-state index is 12.8. The normalized spacial score (nSPS) is 11.3. The molecule has 0 fully saturated rings. The fourth-order valence-electron chi connectivity index (χ4n) is 1.81. The molecule has 1 N–H and O–H groups in total. The van der Waals surface area contributed by atoms with Crippen LogP contribution in [0.25, 0.3) is 0 Å². The van der Waals surface area contributed by atoms with E-state index >= 15 is 0 Å². The van der Waals surface area contributed by atoms with Gasteiger partial charge in [0.2, 0.25) is 0 Å². The van der Waals surface area contributed by atoms with Crippen LogP contribution in [0.2, 0.25) is 0 Å². The van der Waals surface area contributed by atoms with E-state index in [4.69, 9.17) is 0 Å². The van der Waals surface area contributed by atoms with Crippen molar-refractivity contribution in [3.63, 3.8) is 0 Å². The zero-order valence-corrected chi connectivity index (χ0v) is 12.5. The number of amides is 1. The second-order valence-corrected chi connectivity index (χ2v) is 5.40. The Morgan fingerprint density at radius 3 is 2.29 bits per heavy atom. The van der Waals surface area contributed by atoms with E-state index in [-0.39, 0.29) is 11.3 Å². The minimum absolute atomic E-state index is 0.112. The van der Waals surface area contributed by atoms with Crippen LogP contribution in [-0.2, 0) is 6.18 Å². The van der Waals surface area contributed by atoms with Crippen molar-refractivity contribution in [2.24, 2.45) is 0 Å². The van der Waals surface area contributed by atoms with Crippen molar-refractivity contribution in [3.8, 4) is 0 Å². The molecule has 2 aromatic rings. The van der Waals surface area contributed by atoms with Crippen molar-refractivity contribution in [2.45, 2.75) is 13.1 Å². The molecule has 0 saturated carbocycles. The van der Waals surface area contributed by atoms with Crippen LogP contribution in [0.4, 0.5) is 18.9 Å². The van der Waals surface area contributed by atoms with Gasteiger partial charge in [0.1, 0.15) is 0 Å². The third kappa shape index (κ3) is 3.85. The van der Waals surface area contributed by atoms with Crippen molar-refractivity contribution >= 4 is 27.5 Å². The number of aryl methyl sites for hydroxylation is 1. The Morgan fingerprint density at radius 1 is 1.10 bits per heavy atom. The van der Waals surface area contributed by atoms with Crippen LogP contribution < -0.4 is 5.32 Å². The van der Waals surface area contributed by atoms with E-state index in [2.05, 4.69) is 21.2 Å². The molecule has 0 aliphatic carbocycles. The van der Waals surface area contributed by atoms with Gasteiger partial charge in [-0.25, -0.2) is 0 Å². The quantitative estimate of drug-likeness (QED) is 0.802. The summed E-state index contributed by atoms with van der Waals surface area (Å²) in [5.41, 5.74) is -0.159. The number of rotatable bonds is 2. The molecule has 2 nitrogen and oxygen atoms in total. The number of anilines is 1. The van der Waals surface area contributed by atoms with Crippen LogP contribution in [0.15, 0.2) is 46.9 Å². The number of benzene rings is 2. The summed E-state index contributed by atoms with van der Waals surface area (Å²) in [6.07, 6.45) is -4.44. The van der Waals surface area contributed by atoms with E-state index in [0.717, 1.165) is 10.5 Å².